The lowest BCUT2D eigenvalue weighted by Gasteiger charge is -2.35. The first-order chi connectivity index (χ1) is 9.11. The van der Waals surface area contributed by atoms with Crippen LogP contribution in [0.5, 0.6) is 5.75 Å². The van der Waals surface area contributed by atoms with Gasteiger partial charge >= 0.3 is 0 Å². The molecule has 1 aliphatic heterocycles. The molecule has 1 saturated heterocycles. The molecule has 0 aliphatic carbocycles. The molecule has 1 aromatic rings. The Morgan fingerprint density at radius 2 is 2.32 bits per heavy atom. The minimum atomic E-state index is -0.244. The third-order valence-electron chi connectivity index (χ3n) is 3.58. The second-order valence-corrected chi connectivity index (χ2v) is 5.31. The largest absolute Gasteiger partial charge is 0.497 e. The van der Waals surface area contributed by atoms with Crippen molar-refractivity contribution in [3.05, 3.63) is 29.6 Å². The molecule has 2 rings (SSSR count). The van der Waals surface area contributed by atoms with Gasteiger partial charge in [-0.1, -0.05) is 24.7 Å². The maximum absolute atomic E-state index is 13.9. The molecule has 104 valence electrons. The van der Waals surface area contributed by atoms with E-state index in [1.807, 2.05) is 0 Å². The Morgan fingerprint density at radius 1 is 1.53 bits per heavy atom. The number of methoxy groups -OCH3 is 1. The Balaban J connectivity index is 2.12. The molecule has 1 fully saturated rings. The molecule has 0 radical (unpaired) electrons. The lowest BCUT2D eigenvalue weighted by atomic mass is 10.0. The summed E-state index contributed by atoms with van der Waals surface area (Å²) in [4.78, 5) is 2.67. The molecule has 0 aromatic heterocycles. The van der Waals surface area contributed by atoms with Gasteiger partial charge in [0.25, 0.3) is 0 Å². The van der Waals surface area contributed by atoms with Crippen LogP contribution in [0.4, 0.5) is 4.39 Å². The average molecular weight is 282 g/mol. The first-order valence-electron chi connectivity index (χ1n) is 6.47. The summed E-state index contributed by atoms with van der Waals surface area (Å²) >= 11 is 5.10. The van der Waals surface area contributed by atoms with Gasteiger partial charge in [-0.15, -0.1) is 0 Å². The summed E-state index contributed by atoms with van der Waals surface area (Å²) in [7, 11) is 1.53. The molecular formula is C14H19FN2OS. The van der Waals surface area contributed by atoms with Gasteiger partial charge in [-0.25, -0.2) is 4.39 Å². The minimum Gasteiger partial charge on any atom is -0.497 e. The van der Waals surface area contributed by atoms with E-state index < -0.39 is 0 Å². The molecule has 1 aromatic carbocycles. The predicted molar refractivity (Wildman–Crippen MR) is 77.8 cm³/mol. The van der Waals surface area contributed by atoms with Crippen LogP contribution in [0.3, 0.4) is 0 Å². The van der Waals surface area contributed by atoms with Gasteiger partial charge in [-0.2, -0.15) is 0 Å². The number of halogens is 1. The van der Waals surface area contributed by atoms with Crippen LogP contribution in [0.2, 0.25) is 0 Å². The van der Waals surface area contributed by atoms with Crippen molar-refractivity contribution in [1.29, 1.82) is 0 Å². The topological polar surface area (TPSA) is 38.5 Å². The van der Waals surface area contributed by atoms with E-state index in [1.54, 1.807) is 12.1 Å². The number of rotatable bonds is 4. The standard InChI is InChI=1S/C14H19FN2OS/c1-18-11-6-5-10(12(15)8-11)9-17-7-3-2-4-13(17)14(16)19/h5-6,8,13H,2-4,7,9H2,1H3,(H2,16,19). The summed E-state index contributed by atoms with van der Waals surface area (Å²) in [6.45, 7) is 1.45. The van der Waals surface area contributed by atoms with Gasteiger partial charge in [-0.05, 0) is 25.5 Å². The number of piperidine rings is 1. The monoisotopic (exact) mass is 282 g/mol. The van der Waals surface area contributed by atoms with Crippen LogP contribution >= 0.6 is 12.2 Å². The zero-order valence-corrected chi connectivity index (χ0v) is 11.9. The Bertz CT molecular complexity index is 467. The highest BCUT2D eigenvalue weighted by Gasteiger charge is 2.25. The van der Waals surface area contributed by atoms with Gasteiger partial charge in [0.05, 0.1) is 18.1 Å². The number of benzene rings is 1. The molecule has 0 amide bonds. The number of ether oxygens (including phenoxy) is 1. The van der Waals surface area contributed by atoms with Crippen molar-refractivity contribution in [3.63, 3.8) is 0 Å². The van der Waals surface area contributed by atoms with Gasteiger partial charge in [0.1, 0.15) is 11.6 Å². The second kappa shape index (κ2) is 6.30. The van der Waals surface area contributed by atoms with E-state index in [4.69, 9.17) is 22.7 Å². The maximum Gasteiger partial charge on any atom is 0.131 e. The van der Waals surface area contributed by atoms with E-state index >= 15 is 0 Å². The quantitative estimate of drug-likeness (QED) is 0.861. The number of hydrogen-bond donors (Lipinski definition) is 1. The zero-order valence-electron chi connectivity index (χ0n) is 11.1. The Hall–Kier alpha value is -1.20. The smallest absolute Gasteiger partial charge is 0.131 e. The van der Waals surface area contributed by atoms with Crippen molar-refractivity contribution in [1.82, 2.24) is 4.90 Å². The number of nitrogens with zero attached hydrogens (tertiary/aromatic N) is 1. The van der Waals surface area contributed by atoms with Gasteiger partial charge in [0.2, 0.25) is 0 Å². The Labute approximate surface area is 118 Å². The van der Waals surface area contributed by atoms with Crippen LogP contribution in [0.15, 0.2) is 18.2 Å². The summed E-state index contributed by atoms with van der Waals surface area (Å²) in [6.07, 6.45) is 3.20. The second-order valence-electron chi connectivity index (χ2n) is 4.84. The lowest BCUT2D eigenvalue weighted by Crippen LogP contribution is -2.46. The number of hydrogen-bond acceptors (Lipinski definition) is 3. The molecular weight excluding hydrogens is 263 g/mol. The molecule has 0 saturated carbocycles. The third-order valence-corrected chi connectivity index (χ3v) is 3.85. The average Bonchev–Trinajstić information content (AvgIpc) is 2.41. The molecule has 19 heavy (non-hydrogen) atoms. The van der Waals surface area contributed by atoms with Crippen LogP contribution in [0.25, 0.3) is 0 Å². The number of nitrogens with two attached hydrogens (primary N) is 1. The zero-order chi connectivity index (χ0) is 13.8. The first-order valence-corrected chi connectivity index (χ1v) is 6.88. The van der Waals surface area contributed by atoms with Crippen molar-refractivity contribution in [3.8, 4) is 5.75 Å². The van der Waals surface area contributed by atoms with Gasteiger partial charge in [-0.3, -0.25) is 4.90 Å². The van der Waals surface area contributed by atoms with E-state index in [0.717, 1.165) is 25.8 Å². The van der Waals surface area contributed by atoms with Gasteiger partial charge in [0, 0.05) is 18.2 Å². The van der Waals surface area contributed by atoms with Crippen LogP contribution < -0.4 is 10.5 Å². The summed E-state index contributed by atoms with van der Waals surface area (Å²) < 4.78 is 19.0. The SMILES string of the molecule is COc1ccc(CN2CCCCC2C(N)=S)c(F)c1. The van der Waals surface area contributed by atoms with E-state index in [-0.39, 0.29) is 11.9 Å². The summed E-state index contributed by atoms with van der Waals surface area (Å²) in [5, 5.41) is 0. The Kier molecular flexibility index (Phi) is 4.71. The summed E-state index contributed by atoms with van der Waals surface area (Å²) in [5.74, 6) is 0.289. The van der Waals surface area contributed by atoms with Crippen LogP contribution in [-0.2, 0) is 6.54 Å². The molecule has 1 heterocycles. The van der Waals surface area contributed by atoms with Crippen LogP contribution in [-0.4, -0.2) is 29.6 Å². The molecule has 0 bridgehead atoms. The van der Waals surface area contributed by atoms with E-state index in [9.17, 15) is 4.39 Å². The van der Waals surface area contributed by atoms with Gasteiger partial charge in [0.15, 0.2) is 0 Å². The summed E-state index contributed by atoms with van der Waals surface area (Å²) in [6, 6.07) is 5.04. The van der Waals surface area contributed by atoms with E-state index in [0.29, 0.717) is 22.8 Å². The van der Waals surface area contributed by atoms with Crippen LogP contribution in [0.1, 0.15) is 24.8 Å². The van der Waals surface area contributed by atoms with Crippen LogP contribution in [0, 0.1) is 5.82 Å². The van der Waals surface area contributed by atoms with E-state index in [2.05, 4.69) is 4.90 Å². The molecule has 2 N–H and O–H groups in total. The fraction of sp³-hybridized carbons (Fsp3) is 0.500. The predicted octanol–water partition coefficient (Wildman–Crippen LogP) is 2.47. The highest BCUT2D eigenvalue weighted by molar-refractivity contribution is 7.80. The fourth-order valence-electron chi connectivity index (χ4n) is 2.50. The third kappa shape index (κ3) is 3.42. The van der Waals surface area contributed by atoms with E-state index in [1.165, 1.54) is 13.2 Å². The highest BCUT2D eigenvalue weighted by Crippen LogP contribution is 2.23. The van der Waals surface area contributed by atoms with Crippen molar-refractivity contribution in [2.24, 2.45) is 5.73 Å². The number of thiocarbonyl (C=S) groups is 1. The normalized spacial score (nSPS) is 20.2. The molecule has 5 heteroatoms. The maximum atomic E-state index is 13.9. The molecule has 3 nitrogen and oxygen atoms in total. The molecule has 1 unspecified atom stereocenters. The molecule has 1 atom stereocenters. The lowest BCUT2D eigenvalue weighted by molar-refractivity contribution is 0.182. The minimum absolute atomic E-state index is 0.0882. The van der Waals surface area contributed by atoms with Gasteiger partial charge < -0.3 is 10.5 Å². The fourth-order valence-corrected chi connectivity index (χ4v) is 2.77. The Morgan fingerprint density at radius 3 is 2.95 bits per heavy atom. The van der Waals surface area contributed by atoms with Crippen molar-refractivity contribution in [2.45, 2.75) is 31.8 Å². The number of likely N-dealkylation sites (tertiary alicyclic amines) is 1. The highest BCUT2D eigenvalue weighted by atomic mass is 32.1. The first kappa shape index (κ1) is 14.2. The molecule has 1 aliphatic rings. The van der Waals surface area contributed by atoms with Crippen molar-refractivity contribution < 1.29 is 9.13 Å². The van der Waals surface area contributed by atoms with Crippen molar-refractivity contribution in [2.75, 3.05) is 13.7 Å². The summed E-state index contributed by atoms with van der Waals surface area (Å²) in [5.41, 5.74) is 6.43. The van der Waals surface area contributed by atoms with Crippen molar-refractivity contribution >= 4 is 17.2 Å². The molecule has 0 spiro atoms.